The highest BCUT2D eigenvalue weighted by Gasteiger charge is 2.22. The quantitative estimate of drug-likeness (QED) is 0.696. The van der Waals surface area contributed by atoms with E-state index in [9.17, 15) is 9.59 Å². The molecule has 0 aliphatic rings. The summed E-state index contributed by atoms with van der Waals surface area (Å²) in [5, 5.41) is 0.738. The molecule has 0 aliphatic heterocycles. The minimum atomic E-state index is -0.308. The lowest BCUT2D eigenvalue weighted by molar-refractivity contribution is -0.143. The summed E-state index contributed by atoms with van der Waals surface area (Å²) in [4.78, 5) is 25.8. The van der Waals surface area contributed by atoms with Crippen LogP contribution in [0.4, 0.5) is 0 Å². The fourth-order valence-corrected chi connectivity index (χ4v) is 2.28. The molecule has 0 spiro atoms. The second-order valence-corrected chi connectivity index (χ2v) is 5.75. The zero-order valence-corrected chi connectivity index (χ0v) is 14.6. The van der Waals surface area contributed by atoms with Gasteiger partial charge in [-0.2, -0.15) is 0 Å². The molecule has 0 bridgehead atoms. The molecule has 22 heavy (non-hydrogen) atoms. The van der Waals surface area contributed by atoms with Gasteiger partial charge in [0.05, 0.1) is 23.1 Å². The topological polar surface area (TPSA) is 46.6 Å². The van der Waals surface area contributed by atoms with Crippen LogP contribution in [0.5, 0.6) is 0 Å². The molecule has 0 fully saturated rings. The third-order valence-corrected chi connectivity index (χ3v) is 4.15. The van der Waals surface area contributed by atoms with Crippen molar-refractivity contribution < 1.29 is 14.3 Å². The van der Waals surface area contributed by atoms with Gasteiger partial charge in [0.1, 0.15) is 0 Å². The highest BCUT2D eigenvalue weighted by Crippen LogP contribution is 2.24. The first-order chi connectivity index (χ1) is 10.4. The molecule has 1 amide bonds. The lowest BCUT2D eigenvalue weighted by Gasteiger charge is -2.28. The minimum Gasteiger partial charge on any atom is -0.466 e. The van der Waals surface area contributed by atoms with Crippen molar-refractivity contribution in [2.24, 2.45) is 0 Å². The van der Waals surface area contributed by atoms with Crippen molar-refractivity contribution in [2.75, 3.05) is 13.2 Å². The van der Waals surface area contributed by atoms with Gasteiger partial charge in [-0.25, -0.2) is 0 Å². The number of nitrogens with zero attached hydrogens (tertiary/aromatic N) is 1. The van der Waals surface area contributed by atoms with E-state index in [4.69, 9.17) is 27.9 Å². The Hall–Kier alpha value is -1.26. The summed E-state index contributed by atoms with van der Waals surface area (Å²) < 4.78 is 4.91. The summed E-state index contributed by atoms with van der Waals surface area (Å²) in [6.07, 6.45) is 0.959. The minimum absolute atomic E-state index is 0.0105. The van der Waals surface area contributed by atoms with Crippen LogP contribution in [0.3, 0.4) is 0 Å². The van der Waals surface area contributed by atoms with E-state index in [1.807, 2.05) is 13.8 Å². The Balaban J connectivity index is 2.88. The van der Waals surface area contributed by atoms with E-state index in [2.05, 4.69) is 0 Å². The molecule has 6 heteroatoms. The third-order valence-electron chi connectivity index (χ3n) is 3.41. The standard InChI is InChI=1S/C16H21Cl2NO3/c1-4-11(3)19(9-8-15(20)22-5-2)16(21)12-6-7-13(17)14(18)10-12/h6-7,10-11H,4-5,8-9H2,1-3H3. The van der Waals surface area contributed by atoms with Gasteiger partial charge in [-0.05, 0) is 38.5 Å². The first-order valence-electron chi connectivity index (χ1n) is 7.32. The van der Waals surface area contributed by atoms with Crippen molar-refractivity contribution in [1.29, 1.82) is 0 Å². The fraction of sp³-hybridized carbons (Fsp3) is 0.500. The molecule has 1 atom stereocenters. The van der Waals surface area contributed by atoms with Crippen LogP contribution in [0.15, 0.2) is 18.2 Å². The predicted molar refractivity (Wildman–Crippen MR) is 88.5 cm³/mol. The van der Waals surface area contributed by atoms with Crippen LogP contribution in [-0.2, 0) is 9.53 Å². The number of hydrogen-bond acceptors (Lipinski definition) is 3. The van der Waals surface area contributed by atoms with Crippen LogP contribution in [0.25, 0.3) is 0 Å². The molecule has 1 rings (SSSR count). The first kappa shape index (κ1) is 18.8. The first-order valence-corrected chi connectivity index (χ1v) is 8.07. The van der Waals surface area contributed by atoms with Gasteiger partial charge in [0.15, 0.2) is 0 Å². The van der Waals surface area contributed by atoms with E-state index in [0.717, 1.165) is 6.42 Å². The molecular weight excluding hydrogens is 325 g/mol. The van der Waals surface area contributed by atoms with E-state index in [-0.39, 0.29) is 24.3 Å². The van der Waals surface area contributed by atoms with Crippen molar-refractivity contribution in [1.82, 2.24) is 4.90 Å². The number of benzene rings is 1. The Morgan fingerprint density at radius 1 is 1.23 bits per heavy atom. The maximum absolute atomic E-state index is 12.7. The molecule has 122 valence electrons. The van der Waals surface area contributed by atoms with Crippen molar-refractivity contribution in [3.8, 4) is 0 Å². The normalized spacial score (nSPS) is 11.9. The van der Waals surface area contributed by atoms with Crippen LogP contribution in [0, 0.1) is 0 Å². The molecule has 4 nitrogen and oxygen atoms in total. The van der Waals surface area contributed by atoms with E-state index >= 15 is 0 Å². The second-order valence-electron chi connectivity index (χ2n) is 4.94. The molecule has 1 unspecified atom stereocenters. The number of amides is 1. The van der Waals surface area contributed by atoms with Gasteiger partial charge in [0.25, 0.3) is 5.91 Å². The summed E-state index contributed by atoms with van der Waals surface area (Å²) >= 11 is 11.8. The van der Waals surface area contributed by atoms with E-state index in [0.29, 0.717) is 28.8 Å². The van der Waals surface area contributed by atoms with Crippen molar-refractivity contribution in [3.05, 3.63) is 33.8 Å². The summed E-state index contributed by atoms with van der Waals surface area (Å²) in [5.74, 6) is -0.477. The molecule has 0 saturated carbocycles. The lowest BCUT2D eigenvalue weighted by Crippen LogP contribution is -2.40. The van der Waals surface area contributed by atoms with Crippen molar-refractivity contribution >= 4 is 35.1 Å². The maximum atomic E-state index is 12.7. The Morgan fingerprint density at radius 3 is 2.45 bits per heavy atom. The molecular formula is C16H21Cl2NO3. The van der Waals surface area contributed by atoms with E-state index < -0.39 is 0 Å². The molecule has 0 radical (unpaired) electrons. The summed E-state index contributed by atoms with van der Waals surface area (Å²) in [5.41, 5.74) is 0.457. The zero-order valence-electron chi connectivity index (χ0n) is 13.1. The monoisotopic (exact) mass is 345 g/mol. The van der Waals surface area contributed by atoms with Crippen LogP contribution in [0.1, 0.15) is 44.0 Å². The lowest BCUT2D eigenvalue weighted by atomic mass is 10.1. The van der Waals surface area contributed by atoms with E-state index in [1.54, 1.807) is 30.0 Å². The number of hydrogen-bond donors (Lipinski definition) is 0. The Morgan fingerprint density at radius 2 is 1.91 bits per heavy atom. The highest BCUT2D eigenvalue weighted by atomic mass is 35.5. The molecule has 1 aromatic carbocycles. The molecule has 0 heterocycles. The van der Waals surface area contributed by atoms with Gasteiger partial charge >= 0.3 is 5.97 Å². The van der Waals surface area contributed by atoms with Crippen LogP contribution in [-0.4, -0.2) is 36.0 Å². The largest absolute Gasteiger partial charge is 0.466 e. The molecule has 1 aromatic rings. The number of ether oxygens (including phenoxy) is 1. The second kappa shape index (κ2) is 9.01. The van der Waals surface area contributed by atoms with Gasteiger partial charge < -0.3 is 9.64 Å². The number of esters is 1. The number of halogens is 2. The maximum Gasteiger partial charge on any atom is 0.307 e. The molecule has 0 saturated heterocycles. The summed E-state index contributed by atoms with van der Waals surface area (Å²) in [6.45, 7) is 6.34. The van der Waals surface area contributed by atoms with Gasteiger partial charge in [-0.3, -0.25) is 9.59 Å². The van der Waals surface area contributed by atoms with Crippen molar-refractivity contribution in [3.63, 3.8) is 0 Å². The fourth-order valence-electron chi connectivity index (χ4n) is 1.98. The molecule has 0 N–H and O–H groups in total. The third kappa shape index (κ3) is 5.18. The Labute approximate surface area is 141 Å². The number of rotatable bonds is 7. The molecule has 0 aromatic heterocycles. The zero-order chi connectivity index (χ0) is 16.7. The number of carbonyl (C=O) groups excluding carboxylic acids is 2. The van der Waals surface area contributed by atoms with Crippen LogP contribution >= 0.6 is 23.2 Å². The smallest absolute Gasteiger partial charge is 0.307 e. The van der Waals surface area contributed by atoms with Gasteiger partial charge in [-0.15, -0.1) is 0 Å². The Bertz CT molecular complexity index is 534. The average molecular weight is 346 g/mol. The van der Waals surface area contributed by atoms with Crippen LogP contribution in [0.2, 0.25) is 10.0 Å². The Kier molecular flexibility index (Phi) is 7.69. The predicted octanol–water partition coefficient (Wildman–Crippen LogP) is 4.19. The average Bonchev–Trinajstić information content (AvgIpc) is 2.49. The van der Waals surface area contributed by atoms with E-state index in [1.165, 1.54) is 0 Å². The highest BCUT2D eigenvalue weighted by molar-refractivity contribution is 6.42. The summed E-state index contributed by atoms with van der Waals surface area (Å²) in [6, 6.07) is 4.79. The number of carbonyl (C=O) groups is 2. The van der Waals surface area contributed by atoms with Crippen molar-refractivity contribution in [2.45, 2.75) is 39.7 Å². The van der Waals surface area contributed by atoms with Crippen LogP contribution < -0.4 is 0 Å². The molecule has 0 aliphatic carbocycles. The van der Waals surface area contributed by atoms with Gasteiger partial charge in [0.2, 0.25) is 0 Å². The SMILES string of the molecule is CCOC(=O)CCN(C(=O)c1ccc(Cl)c(Cl)c1)C(C)CC. The van der Waals surface area contributed by atoms with Gasteiger partial charge in [0, 0.05) is 18.2 Å². The summed E-state index contributed by atoms with van der Waals surface area (Å²) in [7, 11) is 0. The van der Waals surface area contributed by atoms with Gasteiger partial charge in [-0.1, -0.05) is 30.1 Å².